The minimum Gasteiger partial charge on any atom is -0.399 e. The van der Waals surface area contributed by atoms with Gasteiger partial charge in [-0.25, -0.2) is 0 Å². The summed E-state index contributed by atoms with van der Waals surface area (Å²) in [5.41, 5.74) is 8.24. The Balaban J connectivity index is 1.68. The molecule has 0 aliphatic carbocycles. The fourth-order valence-corrected chi connectivity index (χ4v) is 5.13. The Bertz CT molecular complexity index is 1690. The third-order valence-corrected chi connectivity index (χ3v) is 8.30. The van der Waals surface area contributed by atoms with E-state index in [9.17, 15) is 10.5 Å². The molecular formula is C37H33BN2O2. The monoisotopic (exact) mass is 548 g/mol. The summed E-state index contributed by atoms with van der Waals surface area (Å²) in [6.45, 7) is 10.1. The summed E-state index contributed by atoms with van der Waals surface area (Å²) in [6, 6.07) is 41.3. The van der Waals surface area contributed by atoms with Crippen molar-refractivity contribution in [2.24, 2.45) is 0 Å². The van der Waals surface area contributed by atoms with E-state index in [1.165, 1.54) is 0 Å². The lowest BCUT2D eigenvalue weighted by Crippen LogP contribution is -2.41. The van der Waals surface area contributed by atoms with Gasteiger partial charge in [-0.3, -0.25) is 0 Å². The maximum atomic E-state index is 9.36. The van der Waals surface area contributed by atoms with Crippen LogP contribution in [-0.4, -0.2) is 18.3 Å². The van der Waals surface area contributed by atoms with Crippen molar-refractivity contribution in [2.75, 3.05) is 0 Å². The van der Waals surface area contributed by atoms with E-state index in [2.05, 4.69) is 100 Å². The SMILES string of the molecule is CC(=C(C#N)C#N)c1ccc(/C(=C(\c2ccccc2)c2ccc(B3OC(C)(C)C(C)(C)O3)cc2)c2ccccc2)cc1. The fourth-order valence-electron chi connectivity index (χ4n) is 5.13. The third kappa shape index (κ3) is 5.59. The van der Waals surface area contributed by atoms with Crippen molar-refractivity contribution < 1.29 is 9.31 Å². The van der Waals surface area contributed by atoms with E-state index in [4.69, 9.17) is 9.31 Å². The van der Waals surface area contributed by atoms with Gasteiger partial charge in [-0.1, -0.05) is 109 Å². The molecule has 42 heavy (non-hydrogen) atoms. The van der Waals surface area contributed by atoms with E-state index in [1.807, 2.05) is 55.5 Å². The maximum absolute atomic E-state index is 9.36. The van der Waals surface area contributed by atoms with Crippen LogP contribution in [0.5, 0.6) is 0 Å². The predicted octanol–water partition coefficient (Wildman–Crippen LogP) is 7.81. The van der Waals surface area contributed by atoms with E-state index in [0.717, 1.165) is 44.4 Å². The summed E-state index contributed by atoms with van der Waals surface area (Å²) in [6.07, 6.45) is 0. The van der Waals surface area contributed by atoms with Gasteiger partial charge in [0.05, 0.1) is 11.2 Å². The molecule has 0 N–H and O–H groups in total. The summed E-state index contributed by atoms with van der Waals surface area (Å²) in [5.74, 6) is 0. The molecule has 4 aromatic carbocycles. The minimum atomic E-state index is -0.433. The molecule has 5 rings (SSSR count). The molecule has 1 fully saturated rings. The van der Waals surface area contributed by atoms with E-state index in [1.54, 1.807) is 0 Å². The standard InChI is InChI=1S/C37H33BN2O2/c1-26(32(24-39)25-40)27-16-18-30(19-17-27)34(28-12-8-6-9-13-28)35(29-14-10-7-11-15-29)31-20-22-33(23-21-31)38-41-36(2,3)37(4,5)42-38/h6-23H,1-5H3/b35-34+. The lowest BCUT2D eigenvalue weighted by molar-refractivity contribution is 0.00578. The predicted molar refractivity (Wildman–Crippen MR) is 170 cm³/mol. The largest absolute Gasteiger partial charge is 0.494 e. The molecular weight excluding hydrogens is 515 g/mol. The molecule has 1 aliphatic heterocycles. The highest BCUT2D eigenvalue weighted by Crippen LogP contribution is 2.39. The Morgan fingerprint density at radius 3 is 1.31 bits per heavy atom. The van der Waals surface area contributed by atoms with Gasteiger partial charge < -0.3 is 9.31 Å². The Morgan fingerprint density at radius 1 is 0.548 bits per heavy atom. The first-order valence-corrected chi connectivity index (χ1v) is 14.1. The van der Waals surface area contributed by atoms with Gasteiger partial charge in [0.2, 0.25) is 0 Å². The van der Waals surface area contributed by atoms with Crippen LogP contribution in [0.1, 0.15) is 62.4 Å². The van der Waals surface area contributed by atoms with Crippen molar-refractivity contribution in [1.29, 1.82) is 10.5 Å². The summed E-state index contributed by atoms with van der Waals surface area (Å²) < 4.78 is 12.6. The number of rotatable bonds is 6. The van der Waals surface area contributed by atoms with Crippen LogP contribution in [0, 0.1) is 22.7 Å². The second-order valence-electron chi connectivity index (χ2n) is 11.5. The van der Waals surface area contributed by atoms with Gasteiger partial charge in [0.1, 0.15) is 17.7 Å². The van der Waals surface area contributed by atoms with Crippen LogP contribution in [0.2, 0.25) is 0 Å². The molecule has 4 nitrogen and oxygen atoms in total. The van der Waals surface area contributed by atoms with Crippen molar-refractivity contribution in [3.8, 4) is 12.1 Å². The zero-order valence-corrected chi connectivity index (χ0v) is 24.7. The van der Waals surface area contributed by atoms with E-state index >= 15 is 0 Å². The first kappa shape index (κ1) is 28.8. The zero-order chi connectivity index (χ0) is 29.9. The number of hydrogen-bond acceptors (Lipinski definition) is 4. The molecule has 1 heterocycles. The molecule has 0 unspecified atom stereocenters. The van der Waals surface area contributed by atoms with Gasteiger partial charge in [-0.05, 0) is 84.6 Å². The fraction of sp³-hybridized carbons (Fsp3) is 0.189. The summed E-state index contributed by atoms with van der Waals surface area (Å²) in [5, 5.41) is 18.7. The Morgan fingerprint density at radius 2 is 0.905 bits per heavy atom. The average molecular weight is 548 g/mol. The zero-order valence-electron chi connectivity index (χ0n) is 24.7. The molecule has 5 heteroatoms. The van der Waals surface area contributed by atoms with Crippen LogP contribution in [0.4, 0.5) is 0 Å². The van der Waals surface area contributed by atoms with Gasteiger partial charge in [0.15, 0.2) is 0 Å². The summed E-state index contributed by atoms with van der Waals surface area (Å²) >= 11 is 0. The van der Waals surface area contributed by atoms with Crippen LogP contribution in [0.25, 0.3) is 16.7 Å². The van der Waals surface area contributed by atoms with Crippen molar-refractivity contribution in [3.63, 3.8) is 0 Å². The van der Waals surface area contributed by atoms with E-state index in [0.29, 0.717) is 5.57 Å². The lowest BCUT2D eigenvalue weighted by Gasteiger charge is -2.32. The minimum absolute atomic E-state index is 0.119. The van der Waals surface area contributed by atoms with Gasteiger partial charge in [0, 0.05) is 0 Å². The molecule has 0 spiro atoms. The first-order chi connectivity index (χ1) is 20.1. The molecule has 0 amide bonds. The number of nitrogens with zero attached hydrogens (tertiary/aromatic N) is 2. The molecule has 4 aromatic rings. The van der Waals surface area contributed by atoms with Gasteiger partial charge in [-0.2, -0.15) is 10.5 Å². The van der Waals surface area contributed by atoms with Crippen LogP contribution >= 0.6 is 0 Å². The molecule has 206 valence electrons. The topological polar surface area (TPSA) is 66.0 Å². The lowest BCUT2D eigenvalue weighted by atomic mass is 9.77. The number of nitriles is 2. The van der Waals surface area contributed by atoms with Crippen LogP contribution in [0.15, 0.2) is 115 Å². The van der Waals surface area contributed by atoms with Crippen LogP contribution < -0.4 is 5.46 Å². The highest BCUT2D eigenvalue weighted by atomic mass is 16.7. The molecule has 0 radical (unpaired) electrons. The molecule has 0 atom stereocenters. The first-order valence-electron chi connectivity index (χ1n) is 14.1. The average Bonchev–Trinajstić information content (AvgIpc) is 3.23. The normalized spacial score (nSPS) is 15.7. The highest BCUT2D eigenvalue weighted by Gasteiger charge is 2.51. The van der Waals surface area contributed by atoms with Crippen molar-refractivity contribution in [1.82, 2.24) is 0 Å². The second kappa shape index (κ2) is 11.7. The molecule has 0 saturated carbocycles. The van der Waals surface area contributed by atoms with Crippen molar-refractivity contribution in [3.05, 3.63) is 143 Å². The summed E-state index contributed by atoms with van der Waals surface area (Å²) in [7, 11) is -0.433. The molecule has 0 aromatic heterocycles. The second-order valence-corrected chi connectivity index (χ2v) is 11.5. The van der Waals surface area contributed by atoms with E-state index in [-0.39, 0.29) is 5.57 Å². The Hall–Kier alpha value is -4.68. The van der Waals surface area contributed by atoms with Crippen molar-refractivity contribution >= 4 is 29.3 Å². The quantitative estimate of drug-likeness (QED) is 0.140. The number of hydrogen-bond donors (Lipinski definition) is 0. The molecule has 0 bridgehead atoms. The smallest absolute Gasteiger partial charge is 0.399 e. The molecule has 1 saturated heterocycles. The number of allylic oxidation sites excluding steroid dienone is 2. The van der Waals surface area contributed by atoms with Crippen LogP contribution in [-0.2, 0) is 9.31 Å². The third-order valence-electron chi connectivity index (χ3n) is 8.30. The Labute approximate surface area is 249 Å². The number of benzene rings is 4. The van der Waals surface area contributed by atoms with Gasteiger partial charge in [0.25, 0.3) is 0 Å². The Kier molecular flexibility index (Phi) is 8.01. The van der Waals surface area contributed by atoms with Gasteiger partial charge in [-0.15, -0.1) is 0 Å². The molecule has 1 aliphatic rings. The van der Waals surface area contributed by atoms with Crippen LogP contribution in [0.3, 0.4) is 0 Å². The maximum Gasteiger partial charge on any atom is 0.494 e. The van der Waals surface area contributed by atoms with E-state index < -0.39 is 18.3 Å². The summed E-state index contributed by atoms with van der Waals surface area (Å²) in [4.78, 5) is 0. The highest BCUT2D eigenvalue weighted by molar-refractivity contribution is 6.62. The van der Waals surface area contributed by atoms with Crippen molar-refractivity contribution in [2.45, 2.75) is 45.8 Å². The van der Waals surface area contributed by atoms with Gasteiger partial charge >= 0.3 is 7.12 Å².